The number of nitrogens with zero attached hydrogens (tertiary/aromatic N) is 1. The first-order chi connectivity index (χ1) is 12.9. The van der Waals surface area contributed by atoms with E-state index in [1.54, 1.807) is 18.2 Å². The molecule has 4 nitrogen and oxygen atoms in total. The van der Waals surface area contributed by atoms with Gasteiger partial charge in [0.05, 0.1) is 5.56 Å². The largest absolute Gasteiger partial charge is 0.417 e. The number of hydrogen-bond donors (Lipinski definition) is 1. The van der Waals surface area contributed by atoms with Crippen LogP contribution >= 0.6 is 0 Å². The Hall–Kier alpha value is -2.57. The van der Waals surface area contributed by atoms with Gasteiger partial charge in [-0.05, 0) is 36.6 Å². The molecule has 7 heteroatoms. The van der Waals surface area contributed by atoms with Crippen molar-refractivity contribution in [3.63, 3.8) is 0 Å². The van der Waals surface area contributed by atoms with Gasteiger partial charge in [0.2, 0.25) is 0 Å². The van der Waals surface area contributed by atoms with Crippen LogP contribution in [0.2, 0.25) is 0 Å². The van der Waals surface area contributed by atoms with E-state index in [0.717, 1.165) is 37.9 Å². The standard InChI is InChI=1S/C20H21F3N2O2/c21-20(22,23)16-10-15(12-24-13-16)14-6-5-9-18(11-14)27-19(26)25-17-7-3-1-2-4-8-17/h5-6,9-13,17H,1-4,7-8H2,(H,25,26). The summed E-state index contributed by atoms with van der Waals surface area (Å²) in [6.45, 7) is 0. The molecule has 0 bridgehead atoms. The molecule has 144 valence electrons. The van der Waals surface area contributed by atoms with Gasteiger partial charge in [-0.2, -0.15) is 13.2 Å². The average molecular weight is 378 g/mol. The summed E-state index contributed by atoms with van der Waals surface area (Å²) in [6, 6.07) is 7.53. The maximum atomic E-state index is 12.9. The van der Waals surface area contributed by atoms with Crippen molar-refractivity contribution in [1.82, 2.24) is 10.3 Å². The maximum Gasteiger partial charge on any atom is 0.417 e. The van der Waals surface area contributed by atoms with Gasteiger partial charge in [-0.1, -0.05) is 37.8 Å². The number of aromatic nitrogens is 1. The van der Waals surface area contributed by atoms with Gasteiger partial charge >= 0.3 is 12.3 Å². The fourth-order valence-electron chi connectivity index (χ4n) is 3.22. The van der Waals surface area contributed by atoms with Crippen LogP contribution in [0.1, 0.15) is 44.1 Å². The second-order valence-electron chi connectivity index (χ2n) is 6.71. The van der Waals surface area contributed by atoms with E-state index in [-0.39, 0.29) is 11.8 Å². The van der Waals surface area contributed by atoms with Crippen LogP contribution in [0.3, 0.4) is 0 Å². The predicted octanol–water partition coefficient (Wildman–Crippen LogP) is 5.58. The third-order valence-corrected chi connectivity index (χ3v) is 4.62. The molecule has 1 saturated carbocycles. The topological polar surface area (TPSA) is 51.2 Å². The number of halogens is 3. The molecule has 27 heavy (non-hydrogen) atoms. The minimum Gasteiger partial charge on any atom is -0.410 e. The molecule has 2 aromatic rings. The number of pyridine rings is 1. The van der Waals surface area contributed by atoms with Crippen molar-refractivity contribution in [3.8, 4) is 16.9 Å². The third kappa shape index (κ3) is 5.45. The smallest absolute Gasteiger partial charge is 0.410 e. The van der Waals surface area contributed by atoms with Crippen LogP contribution in [-0.2, 0) is 6.18 Å². The quantitative estimate of drug-likeness (QED) is 0.710. The van der Waals surface area contributed by atoms with Crippen molar-refractivity contribution in [2.75, 3.05) is 0 Å². The van der Waals surface area contributed by atoms with Crippen molar-refractivity contribution < 1.29 is 22.7 Å². The molecule has 0 atom stereocenters. The van der Waals surface area contributed by atoms with Crippen LogP contribution in [0, 0.1) is 0 Å². The lowest BCUT2D eigenvalue weighted by Crippen LogP contribution is -2.36. The summed E-state index contributed by atoms with van der Waals surface area (Å²) in [7, 11) is 0. The number of ether oxygens (including phenoxy) is 1. The molecule has 0 saturated heterocycles. The number of nitrogens with one attached hydrogen (secondary N) is 1. The Morgan fingerprint density at radius 2 is 1.78 bits per heavy atom. The van der Waals surface area contributed by atoms with Crippen LogP contribution in [0.4, 0.5) is 18.0 Å². The third-order valence-electron chi connectivity index (χ3n) is 4.62. The zero-order valence-corrected chi connectivity index (χ0v) is 14.8. The average Bonchev–Trinajstić information content (AvgIpc) is 2.90. The van der Waals surface area contributed by atoms with Crippen LogP contribution < -0.4 is 10.1 Å². The first-order valence-electron chi connectivity index (χ1n) is 9.03. The van der Waals surface area contributed by atoms with Crippen molar-refractivity contribution in [2.45, 2.75) is 50.7 Å². The van der Waals surface area contributed by atoms with E-state index in [1.165, 1.54) is 25.1 Å². The molecule has 1 heterocycles. The molecule has 0 spiro atoms. The Morgan fingerprint density at radius 1 is 1.04 bits per heavy atom. The van der Waals surface area contributed by atoms with Gasteiger partial charge in [0, 0.05) is 24.0 Å². The van der Waals surface area contributed by atoms with Crippen molar-refractivity contribution >= 4 is 6.09 Å². The van der Waals surface area contributed by atoms with Crippen LogP contribution in [0.5, 0.6) is 5.75 Å². The second kappa shape index (κ2) is 8.41. The molecule has 1 N–H and O–H groups in total. The highest BCUT2D eigenvalue weighted by atomic mass is 19.4. The summed E-state index contributed by atoms with van der Waals surface area (Å²) in [4.78, 5) is 15.8. The highest BCUT2D eigenvalue weighted by Crippen LogP contribution is 2.32. The van der Waals surface area contributed by atoms with Crippen LogP contribution in [-0.4, -0.2) is 17.1 Å². The number of carbonyl (C=O) groups is 1. The Kier molecular flexibility index (Phi) is 5.98. The first-order valence-corrected chi connectivity index (χ1v) is 9.03. The van der Waals surface area contributed by atoms with Gasteiger partial charge in [-0.25, -0.2) is 4.79 Å². The van der Waals surface area contributed by atoms with E-state index < -0.39 is 17.8 Å². The molecule has 0 radical (unpaired) electrons. The molecule has 3 rings (SSSR count). The maximum absolute atomic E-state index is 12.9. The molecular weight excluding hydrogens is 357 g/mol. The van der Waals surface area contributed by atoms with Crippen molar-refractivity contribution in [1.29, 1.82) is 0 Å². The lowest BCUT2D eigenvalue weighted by molar-refractivity contribution is -0.137. The molecular formula is C20H21F3N2O2. The van der Waals surface area contributed by atoms with E-state index in [9.17, 15) is 18.0 Å². The number of amides is 1. The molecule has 1 aromatic heterocycles. The SMILES string of the molecule is O=C(NC1CCCCCC1)Oc1cccc(-c2cncc(C(F)(F)F)c2)c1. The van der Waals surface area contributed by atoms with Crippen LogP contribution in [0.15, 0.2) is 42.7 Å². The van der Waals surface area contributed by atoms with Crippen LogP contribution in [0.25, 0.3) is 11.1 Å². The summed E-state index contributed by atoms with van der Waals surface area (Å²) >= 11 is 0. The van der Waals surface area contributed by atoms with Gasteiger partial charge in [0.1, 0.15) is 5.75 Å². The minimum absolute atomic E-state index is 0.107. The summed E-state index contributed by atoms with van der Waals surface area (Å²) in [5.41, 5.74) is -0.0229. The molecule has 1 aliphatic rings. The molecule has 1 fully saturated rings. The minimum atomic E-state index is -4.46. The summed E-state index contributed by atoms with van der Waals surface area (Å²) in [5.74, 6) is 0.274. The normalized spacial score (nSPS) is 15.8. The molecule has 1 amide bonds. The summed E-state index contributed by atoms with van der Waals surface area (Å²) < 4.78 is 43.9. The Balaban J connectivity index is 1.69. The first kappa shape index (κ1) is 19.2. The van der Waals surface area contributed by atoms with Gasteiger partial charge in [0.15, 0.2) is 0 Å². The highest BCUT2D eigenvalue weighted by molar-refractivity contribution is 5.72. The van der Waals surface area contributed by atoms with Gasteiger partial charge < -0.3 is 10.1 Å². The number of carbonyl (C=O) groups excluding carboxylic acids is 1. The van der Waals surface area contributed by atoms with Gasteiger partial charge in [-0.15, -0.1) is 0 Å². The lowest BCUT2D eigenvalue weighted by Gasteiger charge is -2.16. The lowest BCUT2D eigenvalue weighted by atomic mass is 10.1. The zero-order chi connectivity index (χ0) is 19.3. The molecule has 0 aliphatic heterocycles. The van der Waals surface area contributed by atoms with E-state index in [0.29, 0.717) is 11.1 Å². The number of benzene rings is 1. The Labute approximate surface area is 155 Å². The number of alkyl halides is 3. The van der Waals surface area contributed by atoms with E-state index in [4.69, 9.17) is 4.74 Å². The summed E-state index contributed by atoms with van der Waals surface area (Å²) in [5, 5.41) is 2.87. The highest BCUT2D eigenvalue weighted by Gasteiger charge is 2.31. The fraction of sp³-hybridized carbons (Fsp3) is 0.400. The monoisotopic (exact) mass is 378 g/mol. The molecule has 1 aliphatic carbocycles. The van der Waals surface area contributed by atoms with E-state index in [1.807, 2.05) is 0 Å². The van der Waals surface area contributed by atoms with Gasteiger partial charge in [-0.3, -0.25) is 4.98 Å². The second-order valence-corrected chi connectivity index (χ2v) is 6.71. The zero-order valence-electron chi connectivity index (χ0n) is 14.8. The van der Waals surface area contributed by atoms with E-state index >= 15 is 0 Å². The molecule has 1 aromatic carbocycles. The number of hydrogen-bond acceptors (Lipinski definition) is 3. The summed E-state index contributed by atoms with van der Waals surface area (Å²) in [6.07, 6.45) is 3.53. The number of rotatable bonds is 3. The van der Waals surface area contributed by atoms with Crippen molar-refractivity contribution in [2.24, 2.45) is 0 Å². The fourth-order valence-corrected chi connectivity index (χ4v) is 3.22. The Morgan fingerprint density at radius 3 is 2.48 bits per heavy atom. The van der Waals surface area contributed by atoms with Gasteiger partial charge in [0.25, 0.3) is 0 Å². The molecule has 0 unspecified atom stereocenters. The Bertz CT molecular complexity index is 785. The van der Waals surface area contributed by atoms with Crippen molar-refractivity contribution in [3.05, 3.63) is 48.3 Å². The van der Waals surface area contributed by atoms with E-state index in [2.05, 4.69) is 10.3 Å². The predicted molar refractivity (Wildman–Crippen MR) is 95.3 cm³/mol.